The molecule has 0 heterocycles. The molecular formula is C17H16I2N2O3. The highest BCUT2D eigenvalue weighted by atomic mass is 127. The zero-order chi connectivity index (χ0) is 17.7. The second kappa shape index (κ2) is 8.65. The Kier molecular flexibility index (Phi) is 6.84. The molecule has 0 saturated heterocycles. The van der Waals surface area contributed by atoms with E-state index in [1.165, 1.54) is 11.8 Å². The first-order chi connectivity index (χ1) is 11.4. The van der Waals surface area contributed by atoms with E-state index in [0.717, 1.165) is 12.7 Å². The van der Waals surface area contributed by atoms with Gasteiger partial charge in [0.2, 0.25) is 0 Å². The number of carbonyl (C=O) groups is 1. The number of amides is 1. The van der Waals surface area contributed by atoms with Crippen LogP contribution in [0.3, 0.4) is 0 Å². The third-order valence-corrected chi connectivity index (χ3v) is 4.74. The van der Waals surface area contributed by atoms with Crippen molar-refractivity contribution >= 4 is 57.3 Å². The highest BCUT2D eigenvalue weighted by Crippen LogP contribution is 2.25. The van der Waals surface area contributed by atoms with Gasteiger partial charge in [-0.25, -0.2) is 5.43 Å². The van der Waals surface area contributed by atoms with Crippen LogP contribution in [0, 0.1) is 21.0 Å². The fourth-order valence-corrected chi connectivity index (χ4v) is 3.73. The molecule has 0 unspecified atom stereocenters. The van der Waals surface area contributed by atoms with Crippen LogP contribution in [0.4, 0.5) is 0 Å². The van der Waals surface area contributed by atoms with E-state index in [2.05, 4.69) is 33.1 Å². The van der Waals surface area contributed by atoms with E-state index in [9.17, 15) is 9.90 Å². The number of hydrogen-bond acceptors (Lipinski definition) is 4. The summed E-state index contributed by atoms with van der Waals surface area (Å²) in [6.45, 7) is 3.87. The number of aryl methyl sites for hydroxylation is 2. The Balaban J connectivity index is 1.90. The maximum Gasteiger partial charge on any atom is 0.277 e. The van der Waals surface area contributed by atoms with E-state index < -0.39 is 0 Å². The van der Waals surface area contributed by atoms with Crippen molar-refractivity contribution in [3.63, 3.8) is 0 Å². The number of carbonyl (C=O) groups excluding carboxylic acids is 1. The van der Waals surface area contributed by atoms with Crippen molar-refractivity contribution in [3.8, 4) is 11.5 Å². The zero-order valence-corrected chi connectivity index (χ0v) is 17.5. The van der Waals surface area contributed by atoms with Gasteiger partial charge < -0.3 is 9.84 Å². The topological polar surface area (TPSA) is 70.9 Å². The van der Waals surface area contributed by atoms with Crippen LogP contribution in [-0.2, 0) is 4.79 Å². The molecule has 0 radical (unpaired) electrons. The Morgan fingerprint density at radius 2 is 2.00 bits per heavy atom. The van der Waals surface area contributed by atoms with Gasteiger partial charge in [-0.2, -0.15) is 5.10 Å². The van der Waals surface area contributed by atoms with Gasteiger partial charge in [-0.15, -0.1) is 0 Å². The van der Waals surface area contributed by atoms with E-state index in [-0.39, 0.29) is 18.3 Å². The van der Waals surface area contributed by atoms with Crippen LogP contribution in [0.5, 0.6) is 11.5 Å². The molecule has 0 aromatic heterocycles. The third-order valence-electron chi connectivity index (χ3n) is 3.30. The smallest absolute Gasteiger partial charge is 0.277 e. The number of rotatable bonds is 5. The molecule has 0 fully saturated rings. The van der Waals surface area contributed by atoms with Crippen molar-refractivity contribution < 1.29 is 14.6 Å². The minimum absolute atomic E-state index is 0.129. The number of nitrogens with one attached hydrogen (secondary N) is 1. The number of hydrogen-bond donors (Lipinski definition) is 2. The van der Waals surface area contributed by atoms with Gasteiger partial charge in [-0.1, -0.05) is 6.07 Å². The fraction of sp³-hybridized carbons (Fsp3) is 0.176. The number of phenols is 1. The molecule has 0 aliphatic heterocycles. The minimum atomic E-state index is -0.371. The molecule has 0 saturated carbocycles. The maximum atomic E-state index is 11.8. The van der Waals surface area contributed by atoms with E-state index in [1.54, 1.807) is 6.07 Å². The molecule has 126 valence electrons. The quantitative estimate of drug-likeness (QED) is 0.339. The summed E-state index contributed by atoms with van der Waals surface area (Å²) in [5, 5.41) is 13.8. The van der Waals surface area contributed by atoms with Crippen molar-refractivity contribution in [2.45, 2.75) is 13.8 Å². The summed E-state index contributed by atoms with van der Waals surface area (Å²) < 4.78 is 7.13. The number of halogens is 2. The van der Waals surface area contributed by atoms with Gasteiger partial charge in [-0.3, -0.25) is 4.79 Å². The van der Waals surface area contributed by atoms with Crippen molar-refractivity contribution in [2.75, 3.05) is 6.61 Å². The number of aromatic hydroxyl groups is 1. The van der Waals surface area contributed by atoms with Gasteiger partial charge in [0.25, 0.3) is 5.91 Å². The Bertz CT molecular complexity index is 792. The Hall–Kier alpha value is -1.36. The van der Waals surface area contributed by atoms with E-state index >= 15 is 0 Å². The van der Waals surface area contributed by atoms with Crippen molar-refractivity contribution in [3.05, 3.63) is 54.2 Å². The van der Waals surface area contributed by atoms with Crippen LogP contribution in [0.15, 0.2) is 35.4 Å². The van der Waals surface area contributed by atoms with Gasteiger partial charge >= 0.3 is 0 Å². The monoisotopic (exact) mass is 550 g/mol. The molecule has 2 aromatic rings. The third kappa shape index (κ3) is 5.33. The number of nitrogens with zero attached hydrogens (tertiary/aromatic N) is 1. The van der Waals surface area contributed by atoms with Gasteiger partial charge in [0.15, 0.2) is 6.61 Å². The SMILES string of the molecule is Cc1ccc(OCC(=O)N/N=C\c2cc(I)cc(I)c2O)cc1C. The second-order valence-corrected chi connectivity index (χ2v) is 7.56. The van der Waals surface area contributed by atoms with Crippen molar-refractivity contribution in [1.82, 2.24) is 5.43 Å². The molecule has 0 spiro atoms. The average Bonchev–Trinajstić information content (AvgIpc) is 2.53. The van der Waals surface area contributed by atoms with E-state index in [0.29, 0.717) is 11.3 Å². The van der Waals surface area contributed by atoms with E-state index in [1.807, 2.05) is 60.7 Å². The highest BCUT2D eigenvalue weighted by molar-refractivity contribution is 14.1. The number of phenolic OH excluding ortho intramolecular Hbond substituents is 1. The molecule has 7 heteroatoms. The summed E-state index contributed by atoms with van der Waals surface area (Å²) in [5.41, 5.74) is 5.20. The Morgan fingerprint density at radius 1 is 1.25 bits per heavy atom. The van der Waals surface area contributed by atoms with E-state index in [4.69, 9.17) is 4.74 Å². The normalized spacial score (nSPS) is 10.8. The van der Waals surface area contributed by atoms with Gasteiger partial charge in [-0.05, 0) is 94.4 Å². The summed E-state index contributed by atoms with van der Waals surface area (Å²) in [6.07, 6.45) is 1.41. The summed E-state index contributed by atoms with van der Waals surface area (Å²) in [5.74, 6) is 0.409. The first-order valence-corrected chi connectivity index (χ1v) is 9.22. The Labute approximate surface area is 167 Å². The lowest BCUT2D eigenvalue weighted by atomic mass is 10.1. The molecule has 2 aromatic carbocycles. The molecule has 0 bridgehead atoms. The minimum Gasteiger partial charge on any atom is -0.506 e. The molecule has 5 nitrogen and oxygen atoms in total. The van der Waals surface area contributed by atoms with Gasteiger partial charge in [0.05, 0.1) is 9.78 Å². The van der Waals surface area contributed by atoms with Crippen LogP contribution in [-0.4, -0.2) is 23.8 Å². The largest absolute Gasteiger partial charge is 0.506 e. The standard InChI is InChI=1S/C17H16I2N2O3/c1-10-3-4-14(5-11(10)2)24-9-16(22)21-20-8-12-6-13(18)7-15(19)17(12)23/h3-8,23H,9H2,1-2H3,(H,21,22)/b20-8-. The average molecular weight is 550 g/mol. The van der Waals surface area contributed by atoms with Crippen molar-refractivity contribution in [1.29, 1.82) is 0 Å². The molecule has 0 aliphatic carbocycles. The zero-order valence-electron chi connectivity index (χ0n) is 13.1. The molecule has 0 aliphatic rings. The van der Waals surface area contributed by atoms with Crippen LogP contribution in [0.25, 0.3) is 0 Å². The van der Waals surface area contributed by atoms with Crippen LogP contribution in [0.1, 0.15) is 16.7 Å². The fourth-order valence-electron chi connectivity index (χ4n) is 1.84. The number of benzene rings is 2. The second-order valence-electron chi connectivity index (χ2n) is 5.15. The summed E-state index contributed by atoms with van der Waals surface area (Å²) in [6, 6.07) is 9.29. The molecule has 2 rings (SSSR count). The predicted molar refractivity (Wildman–Crippen MR) is 111 cm³/mol. The summed E-state index contributed by atoms with van der Waals surface area (Å²) in [7, 11) is 0. The molecule has 0 atom stereocenters. The van der Waals surface area contributed by atoms with Crippen molar-refractivity contribution in [2.24, 2.45) is 5.10 Å². The lowest BCUT2D eigenvalue weighted by molar-refractivity contribution is -0.123. The van der Waals surface area contributed by atoms with Gasteiger partial charge in [0.1, 0.15) is 11.5 Å². The van der Waals surface area contributed by atoms with Gasteiger partial charge in [0, 0.05) is 9.13 Å². The molecule has 2 N–H and O–H groups in total. The molecule has 24 heavy (non-hydrogen) atoms. The maximum absolute atomic E-state index is 11.8. The first kappa shape index (κ1) is 19.0. The lowest BCUT2D eigenvalue weighted by Gasteiger charge is -2.07. The van der Waals surface area contributed by atoms with Crippen LogP contribution < -0.4 is 10.2 Å². The lowest BCUT2D eigenvalue weighted by Crippen LogP contribution is -2.24. The van der Waals surface area contributed by atoms with Crippen LogP contribution in [0.2, 0.25) is 0 Å². The highest BCUT2D eigenvalue weighted by Gasteiger charge is 2.06. The first-order valence-electron chi connectivity index (χ1n) is 7.07. The predicted octanol–water partition coefficient (Wildman–Crippen LogP) is 3.75. The molecule has 1 amide bonds. The number of ether oxygens (including phenoxy) is 1. The summed E-state index contributed by atoms with van der Waals surface area (Å²) >= 11 is 4.19. The Morgan fingerprint density at radius 3 is 2.71 bits per heavy atom. The molecular weight excluding hydrogens is 534 g/mol. The summed E-state index contributed by atoms with van der Waals surface area (Å²) in [4.78, 5) is 11.8. The van der Waals surface area contributed by atoms with Crippen LogP contribution >= 0.6 is 45.2 Å². The number of hydrazone groups is 1.